The number of benzene rings is 2. The van der Waals surface area contributed by atoms with Gasteiger partial charge >= 0.3 is 5.97 Å². The molecule has 0 aliphatic carbocycles. The standard InChI is InChI=1S/C18H20O3/c1-3-18(2,21-16-12-8-5-9-13-16)17(19)20-14-15-10-6-4-7-11-15/h4-13H,3,14H2,1-2H3/t18-/m0/s1. The summed E-state index contributed by atoms with van der Waals surface area (Å²) >= 11 is 0. The monoisotopic (exact) mass is 284 g/mol. The van der Waals surface area contributed by atoms with Crippen LogP contribution in [-0.4, -0.2) is 11.6 Å². The van der Waals surface area contributed by atoms with E-state index in [1.54, 1.807) is 6.92 Å². The third kappa shape index (κ3) is 4.09. The molecule has 2 rings (SSSR count). The number of carbonyl (C=O) groups excluding carboxylic acids is 1. The topological polar surface area (TPSA) is 35.5 Å². The molecule has 0 aromatic heterocycles. The van der Waals surface area contributed by atoms with E-state index in [2.05, 4.69) is 0 Å². The van der Waals surface area contributed by atoms with Gasteiger partial charge in [0.2, 0.25) is 5.60 Å². The van der Waals surface area contributed by atoms with Crippen LogP contribution in [0.2, 0.25) is 0 Å². The Morgan fingerprint density at radius 1 is 1.00 bits per heavy atom. The van der Waals surface area contributed by atoms with Gasteiger partial charge in [-0.05, 0) is 31.0 Å². The van der Waals surface area contributed by atoms with Crippen molar-refractivity contribution in [2.75, 3.05) is 0 Å². The van der Waals surface area contributed by atoms with Crippen LogP contribution >= 0.6 is 0 Å². The van der Waals surface area contributed by atoms with Gasteiger partial charge in [-0.3, -0.25) is 0 Å². The number of esters is 1. The zero-order valence-corrected chi connectivity index (χ0v) is 12.4. The van der Waals surface area contributed by atoms with E-state index in [9.17, 15) is 4.79 Å². The number of carbonyl (C=O) groups is 1. The van der Waals surface area contributed by atoms with E-state index in [1.807, 2.05) is 67.6 Å². The lowest BCUT2D eigenvalue weighted by Crippen LogP contribution is -2.42. The molecule has 0 saturated carbocycles. The second kappa shape index (κ2) is 6.93. The minimum absolute atomic E-state index is 0.257. The molecule has 0 heterocycles. The molecule has 21 heavy (non-hydrogen) atoms. The first kappa shape index (κ1) is 15.1. The molecule has 110 valence electrons. The fourth-order valence-corrected chi connectivity index (χ4v) is 1.88. The highest BCUT2D eigenvalue weighted by atomic mass is 16.6. The van der Waals surface area contributed by atoms with Gasteiger partial charge in [-0.1, -0.05) is 55.5 Å². The molecule has 0 fully saturated rings. The van der Waals surface area contributed by atoms with Crippen LogP contribution in [-0.2, 0) is 16.1 Å². The van der Waals surface area contributed by atoms with Crippen LogP contribution in [0.1, 0.15) is 25.8 Å². The predicted octanol–water partition coefficient (Wildman–Crippen LogP) is 3.98. The van der Waals surface area contributed by atoms with Gasteiger partial charge in [0.05, 0.1) is 0 Å². The molecule has 2 aromatic rings. The van der Waals surface area contributed by atoms with Crippen molar-refractivity contribution in [3.63, 3.8) is 0 Å². The lowest BCUT2D eigenvalue weighted by atomic mass is 10.0. The van der Waals surface area contributed by atoms with Gasteiger partial charge in [0.15, 0.2) is 0 Å². The molecule has 0 N–H and O–H groups in total. The van der Waals surface area contributed by atoms with Crippen LogP contribution in [0.5, 0.6) is 5.75 Å². The van der Waals surface area contributed by atoms with E-state index >= 15 is 0 Å². The first-order valence-corrected chi connectivity index (χ1v) is 7.09. The molecule has 3 heteroatoms. The molecule has 2 aromatic carbocycles. The molecule has 1 atom stereocenters. The van der Waals surface area contributed by atoms with Crippen molar-refractivity contribution in [3.05, 3.63) is 66.2 Å². The molecule has 0 saturated heterocycles. The molecule has 0 spiro atoms. The maximum absolute atomic E-state index is 12.3. The van der Waals surface area contributed by atoms with E-state index in [0.29, 0.717) is 12.2 Å². The molecule has 0 radical (unpaired) electrons. The summed E-state index contributed by atoms with van der Waals surface area (Å²) in [6.45, 7) is 3.92. The Labute approximate surface area is 125 Å². The van der Waals surface area contributed by atoms with Crippen molar-refractivity contribution in [2.24, 2.45) is 0 Å². The van der Waals surface area contributed by atoms with Crippen molar-refractivity contribution >= 4 is 5.97 Å². The van der Waals surface area contributed by atoms with Crippen LogP contribution in [0.3, 0.4) is 0 Å². The highest BCUT2D eigenvalue weighted by Gasteiger charge is 2.35. The summed E-state index contributed by atoms with van der Waals surface area (Å²) in [7, 11) is 0. The lowest BCUT2D eigenvalue weighted by molar-refractivity contribution is -0.162. The summed E-state index contributed by atoms with van der Waals surface area (Å²) in [6.07, 6.45) is 0.537. The van der Waals surface area contributed by atoms with Crippen LogP contribution in [0, 0.1) is 0 Å². The van der Waals surface area contributed by atoms with Crippen molar-refractivity contribution in [1.82, 2.24) is 0 Å². The molecular weight excluding hydrogens is 264 g/mol. The zero-order chi connectivity index (χ0) is 15.1. The molecule has 0 unspecified atom stereocenters. The number of rotatable bonds is 6. The largest absolute Gasteiger partial charge is 0.476 e. The molecule has 0 bridgehead atoms. The Balaban J connectivity index is 2.00. The molecule has 0 aliphatic rings. The van der Waals surface area contributed by atoms with Gasteiger partial charge in [-0.2, -0.15) is 0 Å². The number of hydrogen-bond acceptors (Lipinski definition) is 3. The van der Waals surface area contributed by atoms with Gasteiger partial charge in [0, 0.05) is 0 Å². The molecule has 3 nitrogen and oxygen atoms in total. The average molecular weight is 284 g/mol. The number of ether oxygens (including phenoxy) is 2. The van der Waals surface area contributed by atoms with Crippen LogP contribution in [0.25, 0.3) is 0 Å². The third-order valence-electron chi connectivity index (χ3n) is 3.41. The number of hydrogen-bond donors (Lipinski definition) is 0. The Hall–Kier alpha value is -2.29. The van der Waals surface area contributed by atoms with E-state index < -0.39 is 5.60 Å². The first-order valence-electron chi connectivity index (χ1n) is 7.09. The Bertz CT molecular complexity index is 566. The molecule has 0 amide bonds. The van der Waals surface area contributed by atoms with E-state index in [-0.39, 0.29) is 12.6 Å². The SMILES string of the molecule is CC[C@](C)(Oc1ccccc1)C(=O)OCc1ccccc1. The van der Waals surface area contributed by atoms with E-state index in [0.717, 1.165) is 5.56 Å². The Morgan fingerprint density at radius 3 is 2.14 bits per heavy atom. The average Bonchev–Trinajstić information content (AvgIpc) is 2.54. The maximum atomic E-state index is 12.3. The zero-order valence-electron chi connectivity index (χ0n) is 12.4. The second-order valence-corrected chi connectivity index (χ2v) is 5.06. The summed E-state index contributed by atoms with van der Waals surface area (Å²) in [4.78, 5) is 12.3. The minimum atomic E-state index is -0.976. The fraction of sp³-hybridized carbons (Fsp3) is 0.278. The third-order valence-corrected chi connectivity index (χ3v) is 3.41. The van der Waals surface area contributed by atoms with Crippen molar-refractivity contribution in [3.8, 4) is 5.75 Å². The van der Waals surface area contributed by atoms with Crippen molar-refractivity contribution < 1.29 is 14.3 Å². The van der Waals surface area contributed by atoms with Crippen molar-refractivity contribution in [1.29, 1.82) is 0 Å². The van der Waals surface area contributed by atoms with E-state index in [1.165, 1.54) is 0 Å². The summed E-state index contributed by atoms with van der Waals surface area (Å²) in [5.74, 6) is 0.316. The normalized spacial score (nSPS) is 13.2. The summed E-state index contributed by atoms with van der Waals surface area (Å²) < 4.78 is 11.2. The fourth-order valence-electron chi connectivity index (χ4n) is 1.88. The smallest absolute Gasteiger partial charge is 0.350 e. The van der Waals surface area contributed by atoms with Gasteiger partial charge < -0.3 is 9.47 Å². The van der Waals surface area contributed by atoms with E-state index in [4.69, 9.17) is 9.47 Å². The number of para-hydroxylation sites is 1. The van der Waals surface area contributed by atoms with Crippen LogP contribution in [0.15, 0.2) is 60.7 Å². The maximum Gasteiger partial charge on any atom is 0.350 e. The van der Waals surface area contributed by atoms with Crippen LogP contribution in [0.4, 0.5) is 0 Å². The lowest BCUT2D eigenvalue weighted by Gasteiger charge is -2.27. The Kier molecular flexibility index (Phi) is 4.99. The summed E-state index contributed by atoms with van der Waals surface area (Å²) in [5.41, 5.74) is -0.0140. The van der Waals surface area contributed by atoms with Gasteiger partial charge in [0.25, 0.3) is 0 Å². The quantitative estimate of drug-likeness (QED) is 0.753. The highest BCUT2D eigenvalue weighted by molar-refractivity contribution is 5.79. The van der Waals surface area contributed by atoms with Crippen molar-refractivity contribution in [2.45, 2.75) is 32.5 Å². The second-order valence-electron chi connectivity index (χ2n) is 5.06. The first-order chi connectivity index (χ1) is 10.1. The van der Waals surface area contributed by atoms with Crippen LogP contribution < -0.4 is 4.74 Å². The highest BCUT2D eigenvalue weighted by Crippen LogP contribution is 2.22. The van der Waals surface area contributed by atoms with Gasteiger partial charge in [-0.25, -0.2) is 4.79 Å². The summed E-state index contributed by atoms with van der Waals surface area (Å²) in [5, 5.41) is 0. The molecule has 0 aliphatic heterocycles. The predicted molar refractivity (Wildman–Crippen MR) is 82.0 cm³/mol. The Morgan fingerprint density at radius 2 is 1.57 bits per heavy atom. The minimum Gasteiger partial charge on any atom is -0.476 e. The van der Waals surface area contributed by atoms with Gasteiger partial charge in [-0.15, -0.1) is 0 Å². The summed E-state index contributed by atoms with van der Waals surface area (Å²) in [6, 6.07) is 18.9. The van der Waals surface area contributed by atoms with Gasteiger partial charge in [0.1, 0.15) is 12.4 Å². The molecular formula is C18H20O3.